The van der Waals surface area contributed by atoms with Crippen LogP contribution in [0.3, 0.4) is 0 Å². The van der Waals surface area contributed by atoms with Crippen LogP contribution in [0.4, 0.5) is 5.69 Å². The lowest BCUT2D eigenvalue weighted by Gasteiger charge is -2.40. The van der Waals surface area contributed by atoms with Gasteiger partial charge in [0.05, 0.1) is 46.5 Å². The van der Waals surface area contributed by atoms with Gasteiger partial charge in [-0.2, -0.15) is 0 Å². The summed E-state index contributed by atoms with van der Waals surface area (Å²) >= 11 is 7.87. The third-order valence-corrected chi connectivity index (χ3v) is 9.84. The van der Waals surface area contributed by atoms with Crippen LogP contribution in [0.2, 0.25) is 5.02 Å². The molecule has 0 radical (unpaired) electrons. The number of fused-ring (bicyclic) bond motifs is 1. The second kappa shape index (κ2) is 9.12. The number of carbonyl (C=O) groups is 3. The van der Waals surface area contributed by atoms with E-state index < -0.39 is 28.7 Å². The number of aliphatic hydroxyl groups excluding tert-OH is 1. The van der Waals surface area contributed by atoms with Crippen LogP contribution in [-0.2, 0) is 19.1 Å². The zero-order chi connectivity index (χ0) is 24.1. The number of rotatable bonds is 7. The minimum Gasteiger partial charge on any atom is -0.466 e. The zero-order valence-electron chi connectivity index (χ0n) is 19.3. The Morgan fingerprint density at radius 2 is 2.06 bits per heavy atom. The van der Waals surface area contributed by atoms with Crippen molar-refractivity contribution < 1.29 is 24.2 Å². The fourth-order valence-electron chi connectivity index (χ4n) is 6.01. The smallest absolute Gasteiger partial charge is 0.310 e. The molecule has 7 nitrogen and oxygen atoms in total. The van der Waals surface area contributed by atoms with E-state index in [0.717, 1.165) is 6.42 Å². The van der Waals surface area contributed by atoms with Gasteiger partial charge in [-0.05, 0) is 37.3 Å². The van der Waals surface area contributed by atoms with E-state index in [9.17, 15) is 19.5 Å². The first-order valence-electron chi connectivity index (χ1n) is 11.5. The van der Waals surface area contributed by atoms with E-state index >= 15 is 0 Å². The molecule has 7 atom stereocenters. The maximum absolute atomic E-state index is 14.0. The highest BCUT2D eigenvalue weighted by atomic mass is 35.5. The average molecular weight is 495 g/mol. The molecule has 3 aliphatic rings. The number of aliphatic hydroxyl groups is 1. The summed E-state index contributed by atoms with van der Waals surface area (Å²) in [6.07, 6.45) is 0.729. The molecule has 2 N–H and O–H groups in total. The number of esters is 1. The summed E-state index contributed by atoms with van der Waals surface area (Å²) in [5, 5.41) is 13.5. The van der Waals surface area contributed by atoms with Gasteiger partial charge < -0.3 is 20.1 Å². The van der Waals surface area contributed by atoms with Gasteiger partial charge in [-0.15, -0.1) is 11.8 Å². The topological polar surface area (TPSA) is 95.9 Å². The Balaban J connectivity index is 1.81. The van der Waals surface area contributed by atoms with E-state index in [0.29, 0.717) is 10.7 Å². The molecule has 0 saturated carbocycles. The van der Waals surface area contributed by atoms with E-state index in [-0.39, 0.29) is 48.1 Å². The van der Waals surface area contributed by atoms with Gasteiger partial charge in [-0.1, -0.05) is 44.5 Å². The lowest BCUT2D eigenvalue weighted by molar-refractivity contribution is -0.154. The number of hydrogen-bond acceptors (Lipinski definition) is 6. The standard InChI is InChI=1S/C24H31ClN2O5S/c1-5-32-23(31)18-17-10-13(4)24(33-17)19(18)22(30)27(16(11-28)12(2)3)20(24)21(29)26-15-9-7-6-8-14(15)25/h6-9,12-13,16-20,28H,5,10-11H2,1-4H3,(H,26,29)/t13?,16-,17-,18+,19-,20?,24?/m0/s1. The van der Waals surface area contributed by atoms with Gasteiger partial charge >= 0.3 is 5.97 Å². The number of carbonyl (C=O) groups excluding carboxylic acids is 3. The number of nitrogens with zero attached hydrogens (tertiary/aromatic N) is 1. The first kappa shape index (κ1) is 24.4. The molecule has 0 aromatic heterocycles. The number of amides is 2. The molecule has 1 spiro atoms. The van der Waals surface area contributed by atoms with E-state index in [1.807, 2.05) is 13.8 Å². The summed E-state index contributed by atoms with van der Waals surface area (Å²) in [6, 6.07) is 5.58. The lowest BCUT2D eigenvalue weighted by Crippen LogP contribution is -2.57. The number of ether oxygens (including phenoxy) is 1. The Hall–Kier alpha value is -1.77. The molecule has 3 unspecified atom stereocenters. The predicted molar refractivity (Wildman–Crippen MR) is 128 cm³/mol. The number of likely N-dealkylation sites (tertiary alicyclic amines) is 1. The second-order valence-corrected chi connectivity index (χ2v) is 11.5. The number of para-hydroxylation sites is 1. The maximum Gasteiger partial charge on any atom is 0.310 e. The van der Waals surface area contributed by atoms with Crippen LogP contribution < -0.4 is 5.32 Å². The number of hydrogen-bond donors (Lipinski definition) is 2. The minimum absolute atomic E-state index is 0.0330. The normalized spacial score (nSPS) is 33.4. The van der Waals surface area contributed by atoms with E-state index in [1.54, 1.807) is 47.9 Å². The van der Waals surface area contributed by atoms with Crippen molar-refractivity contribution in [3.63, 3.8) is 0 Å². The summed E-state index contributed by atoms with van der Waals surface area (Å²) in [5.41, 5.74) is 0.466. The SMILES string of the molecule is CCOC(=O)[C@@H]1[C@@H]2CC(C)C3(S2)C(C(=O)Nc2ccccc2Cl)N([C@@H](CO)C(C)C)C(=O)[C@H]13. The van der Waals surface area contributed by atoms with Gasteiger partial charge in [0, 0.05) is 5.25 Å². The van der Waals surface area contributed by atoms with Gasteiger partial charge in [0.15, 0.2) is 0 Å². The maximum atomic E-state index is 14.0. The summed E-state index contributed by atoms with van der Waals surface area (Å²) in [5.74, 6) is -2.27. The minimum atomic E-state index is -0.838. The first-order chi connectivity index (χ1) is 15.7. The molecule has 180 valence electrons. The van der Waals surface area contributed by atoms with Crippen LogP contribution >= 0.6 is 23.4 Å². The summed E-state index contributed by atoms with van der Waals surface area (Å²) in [4.78, 5) is 42.3. The molecular formula is C24H31ClN2O5S. The van der Waals surface area contributed by atoms with Crippen LogP contribution in [0.25, 0.3) is 0 Å². The third kappa shape index (κ3) is 3.65. The predicted octanol–water partition coefficient (Wildman–Crippen LogP) is 3.20. The third-order valence-electron chi connectivity index (χ3n) is 7.44. The van der Waals surface area contributed by atoms with Crippen molar-refractivity contribution in [3.8, 4) is 0 Å². The quantitative estimate of drug-likeness (QED) is 0.565. The van der Waals surface area contributed by atoms with Crippen LogP contribution in [-0.4, -0.2) is 63.1 Å². The number of anilines is 1. The van der Waals surface area contributed by atoms with Crippen molar-refractivity contribution >= 4 is 46.8 Å². The van der Waals surface area contributed by atoms with Crippen LogP contribution in [0.15, 0.2) is 24.3 Å². The number of nitrogens with one attached hydrogen (secondary N) is 1. The second-order valence-electron chi connectivity index (χ2n) is 9.51. The number of benzene rings is 1. The molecule has 3 saturated heterocycles. The molecule has 2 amide bonds. The number of thioether (sulfide) groups is 1. The highest BCUT2D eigenvalue weighted by Crippen LogP contribution is 2.69. The van der Waals surface area contributed by atoms with Crippen molar-refractivity contribution in [2.24, 2.45) is 23.7 Å². The molecule has 0 aliphatic carbocycles. The Morgan fingerprint density at radius 3 is 2.67 bits per heavy atom. The molecule has 3 aliphatic heterocycles. The van der Waals surface area contributed by atoms with Crippen molar-refractivity contribution in [1.82, 2.24) is 4.90 Å². The van der Waals surface area contributed by atoms with Gasteiger partial charge in [-0.25, -0.2) is 0 Å². The molecule has 3 fully saturated rings. The highest BCUT2D eigenvalue weighted by molar-refractivity contribution is 8.02. The van der Waals surface area contributed by atoms with Gasteiger partial charge in [0.1, 0.15) is 6.04 Å². The first-order valence-corrected chi connectivity index (χ1v) is 12.8. The molecule has 1 aromatic rings. The molecule has 3 heterocycles. The van der Waals surface area contributed by atoms with Crippen molar-refractivity contribution in [2.45, 2.75) is 56.2 Å². The highest BCUT2D eigenvalue weighted by Gasteiger charge is 2.77. The average Bonchev–Trinajstić information content (AvgIpc) is 3.34. The monoisotopic (exact) mass is 494 g/mol. The Morgan fingerprint density at radius 1 is 1.36 bits per heavy atom. The molecule has 9 heteroatoms. The largest absolute Gasteiger partial charge is 0.466 e. The van der Waals surface area contributed by atoms with Crippen molar-refractivity contribution in [2.75, 3.05) is 18.5 Å². The Bertz CT molecular complexity index is 959. The van der Waals surface area contributed by atoms with E-state index in [2.05, 4.69) is 12.2 Å². The molecular weight excluding hydrogens is 464 g/mol. The van der Waals surface area contributed by atoms with Crippen LogP contribution in [0, 0.1) is 23.7 Å². The van der Waals surface area contributed by atoms with E-state index in [1.165, 1.54) is 0 Å². The fraction of sp³-hybridized carbons (Fsp3) is 0.625. The number of halogens is 1. The van der Waals surface area contributed by atoms with E-state index in [4.69, 9.17) is 16.3 Å². The molecule has 4 rings (SSSR count). The lowest BCUT2D eigenvalue weighted by atomic mass is 9.66. The summed E-state index contributed by atoms with van der Waals surface area (Å²) in [6.45, 7) is 7.60. The van der Waals surface area contributed by atoms with Crippen molar-refractivity contribution in [1.29, 1.82) is 0 Å². The van der Waals surface area contributed by atoms with Gasteiger partial charge in [-0.3, -0.25) is 14.4 Å². The Labute approximate surface area is 203 Å². The Kier molecular flexibility index (Phi) is 6.73. The van der Waals surface area contributed by atoms with Crippen molar-refractivity contribution in [3.05, 3.63) is 29.3 Å². The molecule has 33 heavy (non-hydrogen) atoms. The summed E-state index contributed by atoms with van der Waals surface area (Å²) < 4.78 is 4.58. The van der Waals surface area contributed by atoms with Crippen LogP contribution in [0.1, 0.15) is 34.1 Å². The molecule has 2 bridgehead atoms. The zero-order valence-corrected chi connectivity index (χ0v) is 20.9. The van der Waals surface area contributed by atoms with Gasteiger partial charge in [0.2, 0.25) is 11.8 Å². The summed E-state index contributed by atoms with van der Waals surface area (Å²) in [7, 11) is 0. The molecule has 1 aromatic carbocycles. The fourth-order valence-corrected chi connectivity index (χ4v) is 8.59. The van der Waals surface area contributed by atoms with Crippen LogP contribution in [0.5, 0.6) is 0 Å². The van der Waals surface area contributed by atoms with Gasteiger partial charge in [0.25, 0.3) is 0 Å².